The Hall–Kier alpha value is -2.94. The van der Waals surface area contributed by atoms with Crippen LogP contribution in [0.1, 0.15) is 24.4 Å². The van der Waals surface area contributed by atoms with E-state index < -0.39 is 11.7 Å². The van der Waals surface area contributed by atoms with E-state index in [1.54, 1.807) is 12.4 Å². The molecule has 1 saturated heterocycles. The second-order valence-electron chi connectivity index (χ2n) is 7.42. The Bertz CT molecular complexity index is 1050. The Morgan fingerprint density at radius 2 is 1.90 bits per heavy atom. The number of likely N-dealkylation sites (tertiary alicyclic amines) is 1. The van der Waals surface area contributed by atoms with Crippen LogP contribution >= 0.6 is 0 Å². The van der Waals surface area contributed by atoms with Crippen molar-refractivity contribution < 1.29 is 22.4 Å². The standard InChI is InChI=1S/C21H20F4N4O/c22-15-4-5-19-18(11-15)26-13-29(19)17-6-8-28(9-7-17)12-20(30)27-16-3-1-2-14(10-16)21(23,24)25/h1-5,10-11,13,17H,6-9,12H2,(H,27,30). The van der Waals surface area contributed by atoms with Crippen LogP contribution < -0.4 is 5.32 Å². The molecular formula is C21H20F4N4O. The van der Waals surface area contributed by atoms with Crippen molar-refractivity contribution in [3.05, 3.63) is 60.2 Å². The summed E-state index contributed by atoms with van der Waals surface area (Å²) >= 11 is 0. The van der Waals surface area contributed by atoms with Crippen LogP contribution in [0.2, 0.25) is 0 Å². The lowest BCUT2D eigenvalue weighted by molar-refractivity contribution is -0.137. The summed E-state index contributed by atoms with van der Waals surface area (Å²) in [4.78, 5) is 18.5. The molecule has 2 aromatic carbocycles. The van der Waals surface area contributed by atoms with Gasteiger partial charge in [-0.3, -0.25) is 9.69 Å². The number of imidazole rings is 1. The molecule has 0 bridgehead atoms. The fourth-order valence-electron chi connectivity index (χ4n) is 3.83. The maximum atomic E-state index is 13.3. The number of aromatic nitrogens is 2. The summed E-state index contributed by atoms with van der Waals surface area (Å²) in [7, 11) is 0. The lowest BCUT2D eigenvalue weighted by Crippen LogP contribution is -2.39. The first-order chi connectivity index (χ1) is 14.3. The molecule has 0 saturated carbocycles. The summed E-state index contributed by atoms with van der Waals surface area (Å²) in [5, 5.41) is 2.54. The Kier molecular flexibility index (Phi) is 5.46. The molecule has 1 aliphatic rings. The van der Waals surface area contributed by atoms with E-state index in [-0.39, 0.29) is 30.0 Å². The third-order valence-electron chi connectivity index (χ3n) is 5.33. The van der Waals surface area contributed by atoms with Crippen molar-refractivity contribution in [2.75, 3.05) is 25.0 Å². The van der Waals surface area contributed by atoms with Gasteiger partial charge in [-0.25, -0.2) is 9.37 Å². The molecule has 5 nitrogen and oxygen atoms in total. The number of carbonyl (C=O) groups is 1. The number of alkyl halides is 3. The summed E-state index contributed by atoms with van der Waals surface area (Å²) in [6.45, 7) is 1.45. The quantitative estimate of drug-likeness (QED) is 0.634. The third kappa shape index (κ3) is 4.46. The van der Waals surface area contributed by atoms with Gasteiger partial charge in [0.2, 0.25) is 5.91 Å². The van der Waals surface area contributed by atoms with Gasteiger partial charge < -0.3 is 9.88 Å². The van der Waals surface area contributed by atoms with Crippen LogP contribution in [-0.2, 0) is 11.0 Å². The summed E-state index contributed by atoms with van der Waals surface area (Å²) in [5.74, 6) is -0.675. The molecule has 0 radical (unpaired) electrons. The molecule has 1 N–H and O–H groups in total. The van der Waals surface area contributed by atoms with E-state index in [1.807, 2.05) is 9.47 Å². The number of fused-ring (bicyclic) bond motifs is 1. The van der Waals surface area contributed by atoms with Crippen LogP contribution in [0.4, 0.5) is 23.2 Å². The van der Waals surface area contributed by atoms with Crippen LogP contribution in [0.5, 0.6) is 0 Å². The number of hydrogen-bond donors (Lipinski definition) is 1. The highest BCUT2D eigenvalue weighted by atomic mass is 19.4. The molecule has 1 aliphatic heterocycles. The molecule has 2 heterocycles. The zero-order valence-corrected chi connectivity index (χ0v) is 16.0. The van der Waals surface area contributed by atoms with Crippen LogP contribution in [0.3, 0.4) is 0 Å². The minimum Gasteiger partial charge on any atom is -0.327 e. The van der Waals surface area contributed by atoms with Gasteiger partial charge in [-0.2, -0.15) is 13.2 Å². The third-order valence-corrected chi connectivity index (χ3v) is 5.33. The van der Waals surface area contributed by atoms with Crippen molar-refractivity contribution in [3.63, 3.8) is 0 Å². The molecule has 0 aliphatic carbocycles. The number of halogens is 4. The van der Waals surface area contributed by atoms with E-state index >= 15 is 0 Å². The summed E-state index contributed by atoms with van der Waals surface area (Å²) in [6.07, 6.45) is -1.16. The van der Waals surface area contributed by atoms with Crippen molar-refractivity contribution in [1.82, 2.24) is 14.5 Å². The topological polar surface area (TPSA) is 50.2 Å². The highest BCUT2D eigenvalue weighted by Crippen LogP contribution is 2.31. The van der Waals surface area contributed by atoms with Gasteiger partial charge >= 0.3 is 6.18 Å². The molecule has 0 spiro atoms. The number of benzene rings is 2. The van der Waals surface area contributed by atoms with Gasteiger partial charge in [0.1, 0.15) is 5.82 Å². The minimum absolute atomic E-state index is 0.110. The molecule has 3 aromatic rings. The van der Waals surface area contributed by atoms with Crippen molar-refractivity contribution in [1.29, 1.82) is 0 Å². The zero-order valence-electron chi connectivity index (χ0n) is 16.0. The lowest BCUT2D eigenvalue weighted by atomic mass is 10.0. The Balaban J connectivity index is 1.33. The highest BCUT2D eigenvalue weighted by Gasteiger charge is 2.30. The average molecular weight is 420 g/mol. The van der Waals surface area contributed by atoms with Crippen LogP contribution in [0, 0.1) is 5.82 Å². The zero-order chi connectivity index (χ0) is 21.3. The average Bonchev–Trinajstić information content (AvgIpc) is 3.11. The monoisotopic (exact) mass is 420 g/mol. The van der Waals surface area contributed by atoms with Crippen molar-refractivity contribution in [3.8, 4) is 0 Å². The SMILES string of the molecule is O=C(CN1CCC(n2cnc3cc(F)ccc32)CC1)Nc1cccc(C(F)(F)F)c1. The van der Waals surface area contributed by atoms with Gasteiger partial charge in [-0.05, 0) is 43.2 Å². The first-order valence-corrected chi connectivity index (χ1v) is 9.61. The molecule has 9 heteroatoms. The van der Waals surface area contributed by atoms with E-state index in [9.17, 15) is 22.4 Å². The highest BCUT2D eigenvalue weighted by molar-refractivity contribution is 5.92. The number of nitrogens with one attached hydrogen (secondary N) is 1. The maximum absolute atomic E-state index is 13.3. The van der Waals surface area contributed by atoms with E-state index in [4.69, 9.17) is 0 Å². The van der Waals surface area contributed by atoms with Gasteiger partial charge in [0.05, 0.1) is 29.5 Å². The van der Waals surface area contributed by atoms with Crippen LogP contribution in [-0.4, -0.2) is 40.0 Å². The van der Waals surface area contributed by atoms with E-state index in [1.165, 1.54) is 24.3 Å². The van der Waals surface area contributed by atoms with Gasteiger partial charge in [-0.1, -0.05) is 6.07 Å². The number of hydrogen-bond acceptors (Lipinski definition) is 3. The second-order valence-corrected chi connectivity index (χ2v) is 7.42. The Morgan fingerprint density at radius 3 is 2.63 bits per heavy atom. The van der Waals surface area contributed by atoms with E-state index in [0.29, 0.717) is 18.6 Å². The number of carbonyl (C=O) groups excluding carboxylic acids is 1. The lowest BCUT2D eigenvalue weighted by Gasteiger charge is -2.32. The van der Waals surface area contributed by atoms with Crippen LogP contribution in [0.25, 0.3) is 11.0 Å². The maximum Gasteiger partial charge on any atom is 0.416 e. The predicted molar refractivity (Wildman–Crippen MR) is 104 cm³/mol. The predicted octanol–water partition coefficient (Wildman–Crippen LogP) is 4.47. The Labute approximate surface area is 170 Å². The number of nitrogens with zero attached hydrogens (tertiary/aromatic N) is 3. The molecule has 4 rings (SSSR count). The van der Waals surface area contributed by atoms with Gasteiger partial charge in [0.25, 0.3) is 0 Å². The molecule has 0 atom stereocenters. The molecule has 1 aromatic heterocycles. The van der Waals surface area contributed by atoms with Gasteiger partial charge in [-0.15, -0.1) is 0 Å². The molecule has 30 heavy (non-hydrogen) atoms. The summed E-state index contributed by atoms with van der Waals surface area (Å²) in [6, 6.07) is 9.33. The molecule has 1 fully saturated rings. The van der Waals surface area contributed by atoms with E-state index in [0.717, 1.165) is 30.5 Å². The molecule has 158 valence electrons. The largest absolute Gasteiger partial charge is 0.416 e. The molecule has 0 unspecified atom stereocenters. The summed E-state index contributed by atoms with van der Waals surface area (Å²) in [5.41, 5.74) is 0.811. The van der Waals surface area contributed by atoms with Gasteiger partial charge in [0, 0.05) is 30.9 Å². The van der Waals surface area contributed by atoms with E-state index in [2.05, 4.69) is 10.3 Å². The normalized spacial score (nSPS) is 16.1. The number of amides is 1. The first kappa shape index (κ1) is 20.3. The van der Waals surface area contributed by atoms with Gasteiger partial charge in [0.15, 0.2) is 0 Å². The smallest absolute Gasteiger partial charge is 0.327 e. The summed E-state index contributed by atoms with van der Waals surface area (Å²) < 4.78 is 53.8. The fourth-order valence-corrected chi connectivity index (χ4v) is 3.83. The molecule has 1 amide bonds. The Morgan fingerprint density at radius 1 is 1.13 bits per heavy atom. The van der Waals surface area contributed by atoms with Crippen molar-refractivity contribution >= 4 is 22.6 Å². The van der Waals surface area contributed by atoms with Crippen molar-refractivity contribution in [2.45, 2.75) is 25.1 Å². The number of anilines is 1. The van der Waals surface area contributed by atoms with Crippen LogP contribution in [0.15, 0.2) is 48.8 Å². The number of piperidine rings is 1. The molecular weight excluding hydrogens is 400 g/mol. The minimum atomic E-state index is -4.45. The second kappa shape index (κ2) is 8.06. The number of rotatable bonds is 4. The first-order valence-electron chi connectivity index (χ1n) is 9.61. The van der Waals surface area contributed by atoms with Crippen molar-refractivity contribution in [2.24, 2.45) is 0 Å². The fraction of sp³-hybridized carbons (Fsp3) is 0.333.